The highest BCUT2D eigenvalue weighted by Gasteiger charge is 2.16. The van der Waals surface area contributed by atoms with E-state index >= 15 is 0 Å². The fourth-order valence-electron chi connectivity index (χ4n) is 2.45. The molecule has 0 aliphatic carbocycles. The molecule has 0 bridgehead atoms. The Morgan fingerprint density at radius 1 is 1.00 bits per heavy atom. The summed E-state index contributed by atoms with van der Waals surface area (Å²) in [6, 6.07) is 16.3. The van der Waals surface area contributed by atoms with Gasteiger partial charge in [0.2, 0.25) is 0 Å². The third-order valence-electron chi connectivity index (χ3n) is 3.56. The molecule has 0 aromatic heterocycles. The van der Waals surface area contributed by atoms with Crippen LogP contribution in [-0.4, -0.2) is 32.4 Å². The molecule has 1 N–H and O–H groups in total. The fraction of sp³-hybridized carbons (Fsp3) is 0.381. The van der Waals surface area contributed by atoms with Crippen molar-refractivity contribution in [3.05, 3.63) is 60.2 Å². The number of benzene rings is 2. The predicted octanol–water partition coefficient (Wildman–Crippen LogP) is 4.31. The third-order valence-corrected chi connectivity index (χ3v) is 5.25. The SMILES string of the molecule is CC(C)(C)OC(=O)NCCCS(=O)(=O)Cc1cccc(Oc2ccccc2)c1. The van der Waals surface area contributed by atoms with E-state index in [0.29, 0.717) is 23.5 Å². The molecule has 1 amide bonds. The zero-order chi connectivity index (χ0) is 20.6. The molecule has 0 saturated carbocycles. The Morgan fingerprint density at radius 3 is 2.36 bits per heavy atom. The summed E-state index contributed by atoms with van der Waals surface area (Å²) < 4.78 is 35.6. The Morgan fingerprint density at radius 2 is 1.68 bits per heavy atom. The van der Waals surface area contributed by atoms with Crippen molar-refractivity contribution < 1.29 is 22.7 Å². The molecule has 0 radical (unpaired) electrons. The lowest BCUT2D eigenvalue weighted by Gasteiger charge is -2.19. The highest BCUT2D eigenvalue weighted by Crippen LogP contribution is 2.22. The molecule has 0 saturated heterocycles. The van der Waals surface area contributed by atoms with Gasteiger partial charge < -0.3 is 14.8 Å². The lowest BCUT2D eigenvalue weighted by atomic mass is 10.2. The molecule has 2 aromatic carbocycles. The molecule has 0 spiro atoms. The zero-order valence-corrected chi connectivity index (χ0v) is 17.3. The third kappa shape index (κ3) is 8.43. The van der Waals surface area contributed by atoms with Crippen LogP contribution in [0.1, 0.15) is 32.8 Å². The number of sulfone groups is 1. The number of nitrogens with one attached hydrogen (secondary N) is 1. The molecule has 0 atom stereocenters. The Labute approximate surface area is 166 Å². The maximum atomic E-state index is 12.4. The van der Waals surface area contributed by atoms with E-state index in [4.69, 9.17) is 9.47 Å². The second kappa shape index (κ2) is 9.59. The van der Waals surface area contributed by atoms with Crippen LogP contribution >= 0.6 is 0 Å². The first-order chi connectivity index (χ1) is 13.1. The number of rotatable bonds is 8. The van der Waals surface area contributed by atoms with E-state index in [2.05, 4.69) is 5.32 Å². The minimum Gasteiger partial charge on any atom is -0.457 e. The summed E-state index contributed by atoms with van der Waals surface area (Å²) >= 11 is 0. The number of hydrogen-bond acceptors (Lipinski definition) is 5. The molecule has 0 heterocycles. The van der Waals surface area contributed by atoms with Crippen molar-refractivity contribution in [1.82, 2.24) is 5.32 Å². The Kier molecular flexibility index (Phi) is 7.45. The summed E-state index contributed by atoms with van der Waals surface area (Å²) in [5.74, 6) is 1.18. The standard InChI is InChI=1S/C21H27NO5S/c1-21(2,3)27-20(23)22-13-8-14-28(24,25)16-17-9-7-12-19(15-17)26-18-10-5-4-6-11-18/h4-7,9-12,15H,8,13-14,16H2,1-3H3,(H,22,23). The molecule has 2 rings (SSSR count). The van der Waals surface area contributed by atoms with Crippen molar-refractivity contribution in [2.75, 3.05) is 12.3 Å². The molecule has 0 unspecified atom stereocenters. The van der Waals surface area contributed by atoms with Crippen molar-refractivity contribution in [2.24, 2.45) is 0 Å². The summed E-state index contributed by atoms with van der Waals surface area (Å²) in [4.78, 5) is 11.6. The molecule has 2 aromatic rings. The number of amides is 1. The fourth-order valence-corrected chi connectivity index (χ4v) is 3.86. The van der Waals surface area contributed by atoms with Crippen LogP contribution in [0.2, 0.25) is 0 Å². The van der Waals surface area contributed by atoms with Gasteiger partial charge in [0, 0.05) is 6.54 Å². The number of carbonyl (C=O) groups excluding carboxylic acids is 1. The van der Waals surface area contributed by atoms with E-state index < -0.39 is 21.5 Å². The Hall–Kier alpha value is -2.54. The zero-order valence-electron chi connectivity index (χ0n) is 16.5. The van der Waals surface area contributed by atoms with Gasteiger partial charge in [-0.25, -0.2) is 13.2 Å². The average molecular weight is 406 g/mol. The molecule has 28 heavy (non-hydrogen) atoms. The molecule has 0 aliphatic heterocycles. The molecule has 7 heteroatoms. The predicted molar refractivity (Wildman–Crippen MR) is 109 cm³/mol. The second-order valence-electron chi connectivity index (χ2n) is 7.44. The van der Waals surface area contributed by atoms with Crippen LogP contribution in [0.15, 0.2) is 54.6 Å². The quantitative estimate of drug-likeness (QED) is 0.662. The number of ether oxygens (including phenoxy) is 2. The van der Waals surface area contributed by atoms with E-state index in [1.165, 1.54) is 0 Å². The van der Waals surface area contributed by atoms with Crippen LogP contribution in [0, 0.1) is 0 Å². The molecule has 0 fully saturated rings. The topological polar surface area (TPSA) is 81.7 Å². The van der Waals surface area contributed by atoms with Crippen molar-refractivity contribution in [1.29, 1.82) is 0 Å². The normalized spacial score (nSPS) is 11.7. The van der Waals surface area contributed by atoms with Crippen LogP contribution < -0.4 is 10.1 Å². The van der Waals surface area contributed by atoms with Gasteiger partial charge in [0.05, 0.1) is 11.5 Å². The van der Waals surface area contributed by atoms with E-state index in [-0.39, 0.29) is 18.1 Å². The number of hydrogen-bond donors (Lipinski definition) is 1. The van der Waals surface area contributed by atoms with Crippen LogP contribution in [0.3, 0.4) is 0 Å². The monoisotopic (exact) mass is 405 g/mol. The van der Waals surface area contributed by atoms with Crippen LogP contribution in [0.5, 0.6) is 11.5 Å². The van der Waals surface area contributed by atoms with Crippen LogP contribution in [0.4, 0.5) is 4.79 Å². The van der Waals surface area contributed by atoms with Gasteiger partial charge in [0.1, 0.15) is 17.1 Å². The van der Waals surface area contributed by atoms with Crippen molar-refractivity contribution >= 4 is 15.9 Å². The van der Waals surface area contributed by atoms with E-state index in [9.17, 15) is 13.2 Å². The lowest BCUT2D eigenvalue weighted by molar-refractivity contribution is 0.0528. The minimum atomic E-state index is -3.30. The summed E-state index contributed by atoms with van der Waals surface area (Å²) in [7, 11) is -3.30. The molecule has 6 nitrogen and oxygen atoms in total. The summed E-state index contributed by atoms with van der Waals surface area (Å²) in [6.45, 7) is 5.55. The smallest absolute Gasteiger partial charge is 0.407 e. The van der Waals surface area contributed by atoms with Crippen molar-refractivity contribution in [3.63, 3.8) is 0 Å². The molecule has 152 valence electrons. The van der Waals surface area contributed by atoms with Gasteiger partial charge in [-0.3, -0.25) is 0 Å². The van der Waals surface area contributed by atoms with Gasteiger partial charge in [-0.05, 0) is 57.0 Å². The molecular weight excluding hydrogens is 378 g/mol. The number of para-hydroxylation sites is 1. The average Bonchev–Trinajstić information content (AvgIpc) is 2.58. The highest BCUT2D eigenvalue weighted by molar-refractivity contribution is 7.90. The van der Waals surface area contributed by atoms with Crippen LogP contribution in [-0.2, 0) is 20.3 Å². The summed E-state index contributed by atoms with van der Waals surface area (Å²) in [5, 5.41) is 2.57. The number of carbonyl (C=O) groups is 1. The summed E-state index contributed by atoms with van der Waals surface area (Å²) in [6.07, 6.45) is -0.224. The van der Waals surface area contributed by atoms with Gasteiger partial charge in [-0.1, -0.05) is 30.3 Å². The lowest BCUT2D eigenvalue weighted by Crippen LogP contribution is -2.33. The summed E-state index contributed by atoms with van der Waals surface area (Å²) in [5.41, 5.74) is 0.0803. The van der Waals surface area contributed by atoms with Gasteiger partial charge in [-0.15, -0.1) is 0 Å². The first-order valence-corrected chi connectivity index (χ1v) is 10.9. The highest BCUT2D eigenvalue weighted by atomic mass is 32.2. The van der Waals surface area contributed by atoms with E-state index in [1.54, 1.807) is 45.0 Å². The second-order valence-corrected chi connectivity index (χ2v) is 9.62. The van der Waals surface area contributed by atoms with Gasteiger partial charge in [0.25, 0.3) is 0 Å². The Balaban J connectivity index is 1.83. The van der Waals surface area contributed by atoms with E-state index in [1.807, 2.05) is 30.3 Å². The number of alkyl carbamates (subject to hydrolysis) is 1. The largest absolute Gasteiger partial charge is 0.457 e. The minimum absolute atomic E-state index is 0.0213. The van der Waals surface area contributed by atoms with Crippen molar-refractivity contribution in [3.8, 4) is 11.5 Å². The van der Waals surface area contributed by atoms with Crippen LogP contribution in [0.25, 0.3) is 0 Å². The first kappa shape index (κ1) is 21.8. The van der Waals surface area contributed by atoms with E-state index in [0.717, 1.165) is 0 Å². The first-order valence-electron chi connectivity index (χ1n) is 9.12. The maximum absolute atomic E-state index is 12.4. The maximum Gasteiger partial charge on any atom is 0.407 e. The van der Waals surface area contributed by atoms with Gasteiger partial charge >= 0.3 is 6.09 Å². The van der Waals surface area contributed by atoms with Gasteiger partial charge in [0.15, 0.2) is 9.84 Å². The van der Waals surface area contributed by atoms with Gasteiger partial charge in [-0.2, -0.15) is 0 Å². The Bertz CT molecular complexity index is 873. The molecule has 0 aliphatic rings. The molecular formula is C21H27NO5S. The van der Waals surface area contributed by atoms with Crippen molar-refractivity contribution in [2.45, 2.75) is 38.5 Å².